The van der Waals surface area contributed by atoms with Crippen molar-refractivity contribution in [3.63, 3.8) is 0 Å². The van der Waals surface area contributed by atoms with Crippen LogP contribution in [0.5, 0.6) is 0 Å². The first-order valence-electron chi connectivity index (χ1n) is 10.3. The number of amides is 2. The van der Waals surface area contributed by atoms with Crippen LogP contribution in [0.3, 0.4) is 0 Å². The summed E-state index contributed by atoms with van der Waals surface area (Å²) in [5, 5.41) is 6.19. The van der Waals surface area contributed by atoms with Gasteiger partial charge >= 0.3 is 6.09 Å². The van der Waals surface area contributed by atoms with Crippen LogP contribution in [0.25, 0.3) is 0 Å². The Morgan fingerprint density at radius 1 is 0.923 bits per heavy atom. The molecular weight excluding hydrogens is 328 g/mol. The zero-order valence-electron chi connectivity index (χ0n) is 17.2. The van der Waals surface area contributed by atoms with Crippen LogP contribution in [0.15, 0.2) is 0 Å². The maximum atomic E-state index is 13.2. The van der Waals surface area contributed by atoms with Crippen molar-refractivity contribution in [1.82, 2.24) is 10.6 Å². The van der Waals surface area contributed by atoms with E-state index in [4.69, 9.17) is 4.74 Å². The van der Waals surface area contributed by atoms with Crippen LogP contribution >= 0.6 is 0 Å². The Balaban J connectivity index is 1.68. The summed E-state index contributed by atoms with van der Waals surface area (Å²) in [7, 11) is 0. The molecule has 4 saturated carbocycles. The summed E-state index contributed by atoms with van der Waals surface area (Å²) in [6.07, 6.45) is 5.91. The molecule has 148 valence electrons. The third kappa shape index (κ3) is 3.86. The van der Waals surface area contributed by atoms with Crippen molar-refractivity contribution < 1.29 is 14.3 Å². The van der Waals surface area contributed by atoms with Crippen molar-refractivity contribution in [3.8, 4) is 0 Å². The van der Waals surface area contributed by atoms with Gasteiger partial charge in [-0.2, -0.15) is 0 Å². The molecule has 26 heavy (non-hydrogen) atoms. The number of rotatable bonds is 4. The quantitative estimate of drug-likeness (QED) is 0.796. The van der Waals surface area contributed by atoms with E-state index in [1.165, 1.54) is 32.1 Å². The minimum absolute atomic E-state index is 0.0353. The zero-order valence-corrected chi connectivity index (χ0v) is 17.2. The number of carbonyl (C=O) groups excluding carboxylic acids is 2. The highest BCUT2D eigenvalue weighted by Crippen LogP contribution is 2.53. The maximum absolute atomic E-state index is 13.2. The number of hydrogen-bond acceptors (Lipinski definition) is 3. The molecule has 0 spiro atoms. The van der Waals surface area contributed by atoms with Crippen LogP contribution in [-0.2, 0) is 9.53 Å². The van der Waals surface area contributed by atoms with Crippen molar-refractivity contribution in [1.29, 1.82) is 0 Å². The molecule has 4 fully saturated rings. The lowest BCUT2D eigenvalue weighted by molar-refractivity contribution is -0.132. The van der Waals surface area contributed by atoms with Crippen molar-refractivity contribution in [2.75, 3.05) is 0 Å². The van der Waals surface area contributed by atoms with Crippen LogP contribution in [0.1, 0.15) is 73.6 Å². The number of ether oxygens (including phenoxy) is 1. The van der Waals surface area contributed by atoms with Gasteiger partial charge in [-0.15, -0.1) is 0 Å². The van der Waals surface area contributed by atoms with Gasteiger partial charge in [0, 0.05) is 6.04 Å². The zero-order chi connectivity index (χ0) is 19.3. The Labute approximate surface area is 158 Å². The molecule has 4 bridgehead atoms. The summed E-state index contributed by atoms with van der Waals surface area (Å²) in [5.41, 5.74) is -1.56. The van der Waals surface area contributed by atoms with Gasteiger partial charge in [0.1, 0.15) is 11.1 Å². The predicted molar refractivity (Wildman–Crippen MR) is 102 cm³/mol. The second kappa shape index (κ2) is 6.72. The molecule has 4 aliphatic rings. The molecule has 5 nitrogen and oxygen atoms in total. The molecule has 0 radical (unpaired) electrons. The van der Waals surface area contributed by atoms with E-state index in [1.807, 2.05) is 41.5 Å². The second-order valence-corrected chi connectivity index (χ2v) is 10.4. The Bertz CT molecular complexity index is 538. The molecule has 1 unspecified atom stereocenters. The van der Waals surface area contributed by atoms with Gasteiger partial charge in [0.2, 0.25) is 5.91 Å². The van der Waals surface area contributed by atoms with Crippen molar-refractivity contribution >= 4 is 12.0 Å². The van der Waals surface area contributed by atoms with E-state index >= 15 is 0 Å². The van der Waals surface area contributed by atoms with E-state index in [2.05, 4.69) is 10.6 Å². The first kappa shape index (κ1) is 19.5. The topological polar surface area (TPSA) is 67.4 Å². The van der Waals surface area contributed by atoms with Gasteiger partial charge in [0.05, 0.1) is 0 Å². The Kier molecular flexibility index (Phi) is 5.04. The molecule has 0 aromatic heterocycles. The second-order valence-electron chi connectivity index (χ2n) is 10.4. The van der Waals surface area contributed by atoms with Gasteiger partial charge in [-0.1, -0.05) is 13.8 Å². The molecule has 2 N–H and O–H groups in total. The van der Waals surface area contributed by atoms with E-state index in [1.54, 1.807) is 0 Å². The number of alkyl carbamates (subject to hydrolysis) is 1. The van der Waals surface area contributed by atoms with Gasteiger partial charge in [0.25, 0.3) is 0 Å². The highest BCUT2D eigenvalue weighted by atomic mass is 16.6. The molecule has 5 heteroatoms. The monoisotopic (exact) mass is 364 g/mol. The Hall–Kier alpha value is -1.26. The van der Waals surface area contributed by atoms with E-state index in [0.29, 0.717) is 11.8 Å². The molecule has 0 aromatic rings. The molecule has 1 atom stereocenters. The highest BCUT2D eigenvalue weighted by Gasteiger charge is 2.50. The summed E-state index contributed by atoms with van der Waals surface area (Å²) in [4.78, 5) is 25.5. The van der Waals surface area contributed by atoms with Crippen LogP contribution in [0.2, 0.25) is 0 Å². The first-order chi connectivity index (χ1) is 12.0. The SMILES string of the molecule is CC(C)C(C)(NC(=O)OC(C)(C)C)C(=O)NC1C2CC3CC(C2)CC1C3. The molecule has 4 aliphatic carbocycles. The first-order valence-corrected chi connectivity index (χ1v) is 10.3. The Morgan fingerprint density at radius 3 is 1.85 bits per heavy atom. The predicted octanol–water partition coefficient (Wildman–Crippen LogP) is 3.87. The third-order valence-corrected chi connectivity index (χ3v) is 6.91. The summed E-state index contributed by atoms with van der Waals surface area (Å²) in [6, 6.07) is 0.272. The highest BCUT2D eigenvalue weighted by molar-refractivity contribution is 5.90. The minimum atomic E-state index is -0.975. The largest absolute Gasteiger partial charge is 0.444 e. The smallest absolute Gasteiger partial charge is 0.408 e. The van der Waals surface area contributed by atoms with Crippen LogP contribution in [-0.4, -0.2) is 29.2 Å². The Morgan fingerprint density at radius 2 is 1.42 bits per heavy atom. The van der Waals surface area contributed by atoms with E-state index in [-0.39, 0.29) is 17.9 Å². The number of hydrogen-bond donors (Lipinski definition) is 2. The fraction of sp³-hybridized carbons (Fsp3) is 0.905. The van der Waals surface area contributed by atoms with Gasteiger partial charge in [-0.3, -0.25) is 4.79 Å². The standard InChI is InChI=1S/C21H36N2O3/c1-12(2)21(6,23-19(25)26-20(3,4)5)18(24)22-17-15-8-13-7-14(10-15)11-16(17)9-13/h12-17H,7-11H2,1-6H3,(H,22,24)(H,23,25). The summed E-state index contributed by atoms with van der Waals surface area (Å²) < 4.78 is 5.39. The normalized spacial score (nSPS) is 35.1. The molecule has 0 aliphatic heterocycles. The van der Waals surface area contributed by atoms with E-state index < -0.39 is 17.2 Å². The van der Waals surface area contributed by atoms with Gasteiger partial charge in [-0.25, -0.2) is 4.79 Å². The maximum Gasteiger partial charge on any atom is 0.408 e. The van der Waals surface area contributed by atoms with Crippen molar-refractivity contribution in [2.24, 2.45) is 29.6 Å². The molecule has 0 heterocycles. The minimum Gasteiger partial charge on any atom is -0.444 e. The average molecular weight is 365 g/mol. The fourth-order valence-electron chi connectivity index (χ4n) is 5.44. The van der Waals surface area contributed by atoms with Crippen LogP contribution in [0, 0.1) is 29.6 Å². The average Bonchev–Trinajstić information content (AvgIpc) is 2.47. The molecule has 0 aromatic carbocycles. The summed E-state index contributed by atoms with van der Waals surface area (Å²) >= 11 is 0. The van der Waals surface area contributed by atoms with E-state index in [0.717, 1.165) is 11.8 Å². The van der Waals surface area contributed by atoms with E-state index in [9.17, 15) is 9.59 Å². The lowest BCUT2D eigenvalue weighted by Gasteiger charge is -2.55. The lowest BCUT2D eigenvalue weighted by Crippen LogP contribution is -2.65. The molecule has 4 rings (SSSR count). The van der Waals surface area contributed by atoms with Crippen molar-refractivity contribution in [3.05, 3.63) is 0 Å². The molecular formula is C21H36N2O3. The van der Waals surface area contributed by atoms with Crippen LogP contribution < -0.4 is 10.6 Å². The fourth-order valence-corrected chi connectivity index (χ4v) is 5.44. The van der Waals surface area contributed by atoms with Crippen LogP contribution in [0.4, 0.5) is 4.79 Å². The third-order valence-electron chi connectivity index (χ3n) is 6.91. The summed E-state index contributed by atoms with van der Waals surface area (Å²) in [6.45, 7) is 11.2. The number of nitrogens with one attached hydrogen (secondary N) is 2. The van der Waals surface area contributed by atoms with Gasteiger partial charge < -0.3 is 15.4 Å². The van der Waals surface area contributed by atoms with Crippen molar-refractivity contribution in [2.45, 2.75) is 90.8 Å². The molecule has 0 saturated heterocycles. The number of carbonyl (C=O) groups is 2. The summed E-state index contributed by atoms with van der Waals surface area (Å²) in [5.74, 6) is 2.88. The van der Waals surface area contributed by atoms with Gasteiger partial charge in [-0.05, 0) is 89.4 Å². The lowest BCUT2D eigenvalue weighted by atomic mass is 9.54. The molecule has 2 amide bonds. The van der Waals surface area contributed by atoms with Gasteiger partial charge in [0.15, 0.2) is 0 Å².